The summed E-state index contributed by atoms with van der Waals surface area (Å²) >= 11 is 2.23. The lowest BCUT2D eigenvalue weighted by Crippen LogP contribution is -2.23. The third-order valence-corrected chi connectivity index (χ3v) is 4.52. The first-order valence-corrected chi connectivity index (χ1v) is 8.54. The lowest BCUT2D eigenvalue weighted by molar-refractivity contribution is 0.0951. The minimum Gasteiger partial charge on any atom is -0.357 e. The van der Waals surface area contributed by atoms with E-state index in [1.807, 2.05) is 42.6 Å². The third-order valence-electron chi connectivity index (χ3n) is 3.80. The zero-order valence-corrected chi connectivity index (χ0v) is 14.4. The number of hydrogen-bond donors (Lipinski definition) is 1. The first-order valence-electron chi connectivity index (χ1n) is 7.46. The summed E-state index contributed by atoms with van der Waals surface area (Å²) in [5.74, 6) is 0.977. The van der Waals surface area contributed by atoms with Gasteiger partial charge in [-0.25, -0.2) is 4.98 Å². The molecule has 0 radical (unpaired) electrons. The van der Waals surface area contributed by atoms with Crippen molar-refractivity contribution in [1.29, 1.82) is 0 Å². The first-order chi connectivity index (χ1) is 10.7. The minimum absolute atomic E-state index is 0.0555. The lowest BCUT2D eigenvalue weighted by Gasteiger charge is -2.16. The summed E-state index contributed by atoms with van der Waals surface area (Å²) in [6, 6.07) is 11.6. The molecule has 1 amide bonds. The van der Waals surface area contributed by atoms with Gasteiger partial charge in [-0.1, -0.05) is 6.07 Å². The minimum atomic E-state index is -0.0555. The maximum absolute atomic E-state index is 12.1. The van der Waals surface area contributed by atoms with E-state index in [0.29, 0.717) is 12.1 Å². The maximum atomic E-state index is 12.1. The van der Waals surface area contributed by atoms with Crippen LogP contribution in [0.1, 0.15) is 28.8 Å². The normalized spacial score (nSPS) is 14.1. The highest BCUT2D eigenvalue weighted by Gasteiger charge is 2.13. The van der Waals surface area contributed by atoms with Crippen LogP contribution in [0, 0.1) is 3.57 Å². The van der Waals surface area contributed by atoms with E-state index in [1.54, 1.807) is 0 Å². The van der Waals surface area contributed by atoms with Gasteiger partial charge in [0.15, 0.2) is 0 Å². The van der Waals surface area contributed by atoms with Crippen LogP contribution in [0.3, 0.4) is 0 Å². The van der Waals surface area contributed by atoms with Gasteiger partial charge in [-0.05, 0) is 71.3 Å². The number of rotatable bonds is 4. The molecule has 1 aromatic carbocycles. The topological polar surface area (TPSA) is 45.2 Å². The lowest BCUT2D eigenvalue weighted by atomic mass is 10.2. The van der Waals surface area contributed by atoms with Crippen molar-refractivity contribution >= 4 is 34.3 Å². The Hall–Kier alpha value is -1.63. The molecule has 2 heterocycles. The molecule has 0 atom stereocenters. The molecule has 0 aliphatic carbocycles. The van der Waals surface area contributed by atoms with Gasteiger partial charge in [0.1, 0.15) is 5.82 Å². The smallest absolute Gasteiger partial charge is 0.251 e. The van der Waals surface area contributed by atoms with Crippen molar-refractivity contribution in [3.8, 4) is 0 Å². The molecule has 0 unspecified atom stereocenters. The summed E-state index contributed by atoms with van der Waals surface area (Å²) in [6.45, 7) is 2.68. The SMILES string of the molecule is O=C(NCc1ccc(N2CCCC2)nc1)c1ccc(I)cc1. The van der Waals surface area contributed by atoms with Crippen molar-refractivity contribution in [2.45, 2.75) is 19.4 Å². The zero-order chi connectivity index (χ0) is 15.4. The van der Waals surface area contributed by atoms with E-state index in [2.05, 4.69) is 37.8 Å². The third kappa shape index (κ3) is 3.76. The summed E-state index contributed by atoms with van der Waals surface area (Å²) in [4.78, 5) is 18.9. The molecule has 1 fully saturated rings. The second kappa shape index (κ2) is 7.09. The van der Waals surface area contributed by atoms with E-state index in [1.165, 1.54) is 12.8 Å². The summed E-state index contributed by atoms with van der Waals surface area (Å²) in [7, 11) is 0. The number of pyridine rings is 1. The highest BCUT2D eigenvalue weighted by Crippen LogP contribution is 2.17. The average Bonchev–Trinajstić information content (AvgIpc) is 3.08. The standard InChI is InChI=1S/C17H18IN3O/c18-15-6-4-14(5-7-15)17(22)20-12-13-3-8-16(19-11-13)21-9-1-2-10-21/h3-8,11H,1-2,9-10,12H2,(H,20,22). The van der Waals surface area contributed by atoms with Crippen molar-refractivity contribution in [2.75, 3.05) is 18.0 Å². The van der Waals surface area contributed by atoms with Crippen molar-refractivity contribution in [3.05, 3.63) is 57.3 Å². The molecule has 1 N–H and O–H groups in total. The number of halogens is 1. The van der Waals surface area contributed by atoms with Gasteiger partial charge in [0.25, 0.3) is 5.91 Å². The van der Waals surface area contributed by atoms with Crippen LogP contribution in [0.5, 0.6) is 0 Å². The van der Waals surface area contributed by atoms with Gasteiger partial charge in [0.05, 0.1) is 0 Å². The van der Waals surface area contributed by atoms with Gasteiger partial charge in [-0.2, -0.15) is 0 Å². The van der Waals surface area contributed by atoms with Crippen LogP contribution in [0.15, 0.2) is 42.6 Å². The van der Waals surface area contributed by atoms with Gasteiger partial charge < -0.3 is 10.2 Å². The predicted octanol–water partition coefficient (Wildman–Crippen LogP) is 3.22. The number of amides is 1. The van der Waals surface area contributed by atoms with Crippen LogP contribution in [0.25, 0.3) is 0 Å². The van der Waals surface area contributed by atoms with Crippen molar-refractivity contribution in [1.82, 2.24) is 10.3 Å². The number of hydrogen-bond acceptors (Lipinski definition) is 3. The molecule has 114 valence electrons. The Bertz CT molecular complexity index is 634. The molecular formula is C17H18IN3O. The number of nitrogens with zero attached hydrogens (tertiary/aromatic N) is 2. The second-order valence-corrected chi connectivity index (χ2v) is 6.65. The Balaban J connectivity index is 1.56. The molecule has 1 aliphatic heterocycles. The Morgan fingerprint density at radius 2 is 1.86 bits per heavy atom. The van der Waals surface area contributed by atoms with E-state index < -0.39 is 0 Å². The van der Waals surface area contributed by atoms with Crippen molar-refractivity contribution in [2.24, 2.45) is 0 Å². The Kier molecular flexibility index (Phi) is 4.92. The highest BCUT2D eigenvalue weighted by molar-refractivity contribution is 14.1. The molecule has 0 bridgehead atoms. The van der Waals surface area contributed by atoms with Crippen LogP contribution in [-0.2, 0) is 6.54 Å². The van der Waals surface area contributed by atoms with Crippen molar-refractivity contribution in [3.63, 3.8) is 0 Å². The molecule has 22 heavy (non-hydrogen) atoms. The Morgan fingerprint density at radius 3 is 2.50 bits per heavy atom. The molecule has 0 saturated carbocycles. The summed E-state index contributed by atoms with van der Waals surface area (Å²) in [5, 5.41) is 2.93. The first kappa shape index (κ1) is 15.3. The second-order valence-electron chi connectivity index (χ2n) is 5.41. The number of aromatic nitrogens is 1. The van der Waals surface area contributed by atoms with E-state index in [4.69, 9.17) is 0 Å². The molecule has 2 aromatic rings. The molecule has 4 nitrogen and oxygen atoms in total. The van der Waals surface area contributed by atoms with Crippen molar-refractivity contribution < 1.29 is 4.79 Å². The van der Waals surface area contributed by atoms with Crippen LogP contribution >= 0.6 is 22.6 Å². The fourth-order valence-electron chi connectivity index (χ4n) is 2.54. The fourth-order valence-corrected chi connectivity index (χ4v) is 2.90. The number of carbonyl (C=O) groups is 1. The number of benzene rings is 1. The molecule has 1 saturated heterocycles. The summed E-state index contributed by atoms with van der Waals surface area (Å²) < 4.78 is 1.12. The highest BCUT2D eigenvalue weighted by atomic mass is 127. The predicted molar refractivity (Wildman–Crippen MR) is 96.0 cm³/mol. The zero-order valence-electron chi connectivity index (χ0n) is 12.3. The van der Waals surface area contributed by atoms with E-state index in [-0.39, 0.29) is 5.91 Å². The maximum Gasteiger partial charge on any atom is 0.251 e. The largest absolute Gasteiger partial charge is 0.357 e. The van der Waals surface area contributed by atoms with Gasteiger partial charge in [-0.3, -0.25) is 4.79 Å². The van der Waals surface area contributed by atoms with E-state index in [0.717, 1.165) is 28.0 Å². The molecule has 5 heteroatoms. The van der Waals surface area contributed by atoms with Crippen LogP contribution < -0.4 is 10.2 Å². The molecule has 3 rings (SSSR count). The monoisotopic (exact) mass is 407 g/mol. The van der Waals surface area contributed by atoms with E-state index in [9.17, 15) is 4.79 Å². The summed E-state index contributed by atoms with van der Waals surface area (Å²) in [5.41, 5.74) is 1.70. The van der Waals surface area contributed by atoms with Crippen LogP contribution in [0.2, 0.25) is 0 Å². The Morgan fingerprint density at radius 1 is 1.14 bits per heavy atom. The molecule has 1 aliphatic rings. The summed E-state index contributed by atoms with van der Waals surface area (Å²) in [6.07, 6.45) is 4.34. The van der Waals surface area contributed by atoms with Gasteiger partial charge >= 0.3 is 0 Å². The number of carbonyl (C=O) groups excluding carboxylic acids is 1. The molecule has 0 spiro atoms. The average molecular weight is 407 g/mol. The number of nitrogens with one attached hydrogen (secondary N) is 1. The molecular weight excluding hydrogens is 389 g/mol. The van der Waals surface area contributed by atoms with Gasteiger partial charge in [-0.15, -0.1) is 0 Å². The molecule has 1 aromatic heterocycles. The quantitative estimate of drug-likeness (QED) is 0.792. The van der Waals surface area contributed by atoms with Crippen LogP contribution in [0.4, 0.5) is 5.82 Å². The van der Waals surface area contributed by atoms with Gasteiger partial charge in [0, 0.05) is 35.0 Å². The van der Waals surface area contributed by atoms with Gasteiger partial charge in [0.2, 0.25) is 0 Å². The fraction of sp³-hybridized carbons (Fsp3) is 0.294. The number of anilines is 1. The van der Waals surface area contributed by atoms with E-state index >= 15 is 0 Å². The van der Waals surface area contributed by atoms with Crippen LogP contribution in [-0.4, -0.2) is 24.0 Å². The Labute approximate surface area is 144 Å².